The van der Waals surface area contributed by atoms with Crippen LogP contribution in [-0.2, 0) is 0 Å². The molecule has 0 radical (unpaired) electrons. The molecule has 0 heterocycles. The third-order valence-corrected chi connectivity index (χ3v) is 2.93. The van der Waals surface area contributed by atoms with Gasteiger partial charge in [-0.15, -0.1) is 0 Å². The van der Waals surface area contributed by atoms with Crippen molar-refractivity contribution in [3.8, 4) is 6.07 Å². The second-order valence-corrected chi connectivity index (χ2v) is 4.43. The fourth-order valence-electron chi connectivity index (χ4n) is 1.84. The Balaban J connectivity index is 2.31. The van der Waals surface area contributed by atoms with Gasteiger partial charge >= 0.3 is 0 Å². The molecule has 0 aliphatic carbocycles. The van der Waals surface area contributed by atoms with Crippen molar-refractivity contribution in [2.24, 2.45) is 0 Å². The minimum atomic E-state index is -0.258. The Morgan fingerprint density at radius 3 is 2.63 bits per heavy atom. The smallest absolute Gasteiger partial charge is 0.257 e. The minimum absolute atomic E-state index is 0.258. The predicted octanol–water partition coefficient (Wildman–Crippen LogP) is 3.43. The molecule has 0 saturated heterocycles. The number of carbonyl (C=O) groups is 1. The normalized spacial score (nSPS) is 9.74. The van der Waals surface area contributed by atoms with Gasteiger partial charge in [0.25, 0.3) is 5.91 Å². The van der Waals surface area contributed by atoms with Crippen LogP contribution in [0.15, 0.2) is 42.5 Å². The number of nitrogens with zero attached hydrogens (tertiary/aromatic N) is 1. The molecule has 0 saturated carbocycles. The van der Waals surface area contributed by atoms with Crippen molar-refractivity contribution in [1.29, 1.82) is 5.26 Å². The number of rotatable bonds is 2. The number of carbonyl (C=O) groups excluding carboxylic acids is 1. The van der Waals surface area contributed by atoms with E-state index in [1.54, 1.807) is 24.3 Å². The highest BCUT2D eigenvalue weighted by Gasteiger charge is 2.11. The van der Waals surface area contributed by atoms with Crippen LogP contribution in [0.2, 0.25) is 0 Å². The van der Waals surface area contributed by atoms with Gasteiger partial charge in [-0.25, -0.2) is 0 Å². The lowest BCUT2D eigenvalue weighted by Crippen LogP contribution is -2.14. The van der Waals surface area contributed by atoms with Gasteiger partial charge in [-0.05, 0) is 43.2 Å². The number of aryl methyl sites for hydroxylation is 2. The average molecular weight is 250 g/mol. The Bertz CT molecular complexity index is 669. The molecule has 0 fully saturated rings. The number of amides is 1. The van der Waals surface area contributed by atoms with Gasteiger partial charge in [-0.3, -0.25) is 4.79 Å². The molecule has 0 aliphatic heterocycles. The van der Waals surface area contributed by atoms with E-state index in [2.05, 4.69) is 5.32 Å². The van der Waals surface area contributed by atoms with Crippen LogP contribution in [-0.4, -0.2) is 5.91 Å². The van der Waals surface area contributed by atoms with Crippen molar-refractivity contribution in [2.75, 3.05) is 5.32 Å². The highest BCUT2D eigenvalue weighted by atomic mass is 16.1. The van der Waals surface area contributed by atoms with Gasteiger partial charge in [-0.1, -0.05) is 24.3 Å². The molecular formula is C16H14N2O. The Kier molecular flexibility index (Phi) is 3.63. The zero-order valence-corrected chi connectivity index (χ0v) is 10.9. The van der Waals surface area contributed by atoms with E-state index in [-0.39, 0.29) is 5.91 Å². The Labute approximate surface area is 112 Å². The number of anilines is 1. The molecule has 0 bridgehead atoms. The molecule has 3 nitrogen and oxygen atoms in total. The van der Waals surface area contributed by atoms with Crippen molar-refractivity contribution in [3.63, 3.8) is 0 Å². The molecule has 2 rings (SSSR count). The molecule has 3 heteroatoms. The molecule has 0 atom stereocenters. The van der Waals surface area contributed by atoms with Gasteiger partial charge in [0, 0.05) is 5.69 Å². The standard InChI is InChI=1S/C16H14N2O/c1-11-7-8-12(2)15(9-11)18-16(19)14-6-4-3-5-13(14)10-17/h3-9H,1-2H3,(H,18,19). The number of benzene rings is 2. The summed E-state index contributed by atoms with van der Waals surface area (Å²) in [6, 6.07) is 14.7. The van der Waals surface area contributed by atoms with Crippen molar-refractivity contribution in [2.45, 2.75) is 13.8 Å². The fourth-order valence-corrected chi connectivity index (χ4v) is 1.84. The van der Waals surface area contributed by atoms with Gasteiger partial charge in [0.15, 0.2) is 0 Å². The van der Waals surface area contributed by atoms with Gasteiger partial charge in [0.2, 0.25) is 0 Å². The summed E-state index contributed by atoms with van der Waals surface area (Å²) in [6.45, 7) is 3.91. The lowest BCUT2D eigenvalue weighted by molar-refractivity contribution is 0.102. The van der Waals surface area contributed by atoms with Crippen molar-refractivity contribution in [3.05, 3.63) is 64.7 Å². The summed E-state index contributed by atoms with van der Waals surface area (Å²) in [7, 11) is 0. The summed E-state index contributed by atoms with van der Waals surface area (Å²) in [5.74, 6) is -0.258. The molecule has 1 amide bonds. The monoisotopic (exact) mass is 250 g/mol. The maximum atomic E-state index is 12.2. The molecule has 0 unspecified atom stereocenters. The molecular weight excluding hydrogens is 236 g/mol. The van der Waals surface area contributed by atoms with Crippen LogP contribution in [0.4, 0.5) is 5.69 Å². The van der Waals surface area contributed by atoms with Gasteiger partial charge < -0.3 is 5.32 Å². The van der Waals surface area contributed by atoms with E-state index in [1.807, 2.05) is 38.1 Å². The van der Waals surface area contributed by atoms with Crippen LogP contribution in [0.3, 0.4) is 0 Å². The van der Waals surface area contributed by atoms with Crippen LogP contribution >= 0.6 is 0 Å². The van der Waals surface area contributed by atoms with Crippen LogP contribution < -0.4 is 5.32 Å². The average Bonchev–Trinajstić information content (AvgIpc) is 2.42. The molecule has 2 aromatic carbocycles. The molecule has 0 aromatic heterocycles. The van der Waals surface area contributed by atoms with E-state index in [1.165, 1.54) is 0 Å². The third-order valence-electron chi connectivity index (χ3n) is 2.93. The molecule has 0 spiro atoms. The van der Waals surface area contributed by atoms with E-state index in [9.17, 15) is 4.79 Å². The zero-order valence-electron chi connectivity index (χ0n) is 10.9. The SMILES string of the molecule is Cc1ccc(C)c(NC(=O)c2ccccc2C#N)c1. The maximum Gasteiger partial charge on any atom is 0.257 e. The number of nitriles is 1. The summed E-state index contributed by atoms with van der Waals surface area (Å²) in [4.78, 5) is 12.2. The van der Waals surface area contributed by atoms with Gasteiger partial charge in [0.05, 0.1) is 17.2 Å². The quantitative estimate of drug-likeness (QED) is 0.887. The summed E-state index contributed by atoms with van der Waals surface area (Å²) in [5.41, 5.74) is 3.62. The van der Waals surface area contributed by atoms with Gasteiger partial charge in [-0.2, -0.15) is 5.26 Å². The lowest BCUT2D eigenvalue weighted by atomic mass is 10.1. The summed E-state index contributed by atoms with van der Waals surface area (Å²) < 4.78 is 0. The van der Waals surface area contributed by atoms with Gasteiger partial charge in [0.1, 0.15) is 0 Å². The Morgan fingerprint density at radius 2 is 1.89 bits per heavy atom. The summed E-state index contributed by atoms with van der Waals surface area (Å²) >= 11 is 0. The molecule has 1 N–H and O–H groups in total. The van der Waals surface area contributed by atoms with Crippen LogP contribution in [0.5, 0.6) is 0 Å². The molecule has 94 valence electrons. The second kappa shape index (κ2) is 5.36. The minimum Gasteiger partial charge on any atom is -0.322 e. The Morgan fingerprint density at radius 1 is 1.16 bits per heavy atom. The first-order valence-corrected chi connectivity index (χ1v) is 5.99. The van der Waals surface area contributed by atoms with E-state index in [4.69, 9.17) is 5.26 Å². The molecule has 0 aliphatic rings. The number of nitrogens with one attached hydrogen (secondary N) is 1. The molecule has 2 aromatic rings. The highest BCUT2D eigenvalue weighted by molar-refractivity contribution is 6.06. The first-order valence-electron chi connectivity index (χ1n) is 5.99. The maximum absolute atomic E-state index is 12.2. The van der Waals surface area contributed by atoms with Crippen molar-refractivity contribution < 1.29 is 4.79 Å². The number of hydrogen-bond donors (Lipinski definition) is 1. The van der Waals surface area contributed by atoms with E-state index in [0.717, 1.165) is 16.8 Å². The summed E-state index contributed by atoms with van der Waals surface area (Å²) in [6.07, 6.45) is 0. The lowest BCUT2D eigenvalue weighted by Gasteiger charge is -2.10. The van der Waals surface area contributed by atoms with E-state index < -0.39 is 0 Å². The van der Waals surface area contributed by atoms with Crippen LogP contribution in [0, 0.1) is 25.2 Å². The summed E-state index contributed by atoms with van der Waals surface area (Å²) in [5, 5.41) is 11.9. The Hall–Kier alpha value is -2.60. The third kappa shape index (κ3) is 2.80. The predicted molar refractivity (Wildman–Crippen MR) is 75.0 cm³/mol. The molecule has 19 heavy (non-hydrogen) atoms. The van der Waals surface area contributed by atoms with Crippen molar-refractivity contribution >= 4 is 11.6 Å². The number of hydrogen-bond acceptors (Lipinski definition) is 2. The highest BCUT2D eigenvalue weighted by Crippen LogP contribution is 2.18. The zero-order chi connectivity index (χ0) is 13.8. The van der Waals surface area contributed by atoms with E-state index >= 15 is 0 Å². The van der Waals surface area contributed by atoms with E-state index in [0.29, 0.717) is 11.1 Å². The van der Waals surface area contributed by atoms with Crippen LogP contribution in [0.25, 0.3) is 0 Å². The first-order chi connectivity index (χ1) is 9.11. The van der Waals surface area contributed by atoms with Crippen LogP contribution in [0.1, 0.15) is 27.0 Å². The topological polar surface area (TPSA) is 52.9 Å². The largest absolute Gasteiger partial charge is 0.322 e. The fraction of sp³-hybridized carbons (Fsp3) is 0.125. The van der Waals surface area contributed by atoms with Crippen molar-refractivity contribution in [1.82, 2.24) is 0 Å². The second-order valence-electron chi connectivity index (χ2n) is 4.43. The first kappa shape index (κ1) is 12.8.